The molecule has 0 aromatic rings. The van der Waals surface area contributed by atoms with Crippen LogP contribution in [0.3, 0.4) is 0 Å². The molecule has 0 unspecified atom stereocenters. The topological polar surface area (TPSA) is 320 Å². The van der Waals surface area contributed by atoms with Crippen LogP contribution >= 0.6 is 0 Å². The van der Waals surface area contributed by atoms with Crippen molar-refractivity contribution < 1.29 is 74.4 Å². The molecule has 0 spiro atoms. The highest BCUT2D eigenvalue weighted by molar-refractivity contribution is 6.00. The number of carboxylic acids is 5. The largest absolute Gasteiger partial charge is 0.480 e. The van der Waals surface area contributed by atoms with E-state index in [1.807, 2.05) is 6.92 Å². The fourth-order valence-corrected chi connectivity index (χ4v) is 12.4. The summed E-state index contributed by atoms with van der Waals surface area (Å²) in [4.78, 5) is 91.9. The summed E-state index contributed by atoms with van der Waals surface area (Å²) in [6.45, 7) is 2.45. The Morgan fingerprint density at radius 2 is 1.20 bits per heavy atom. The maximum atomic E-state index is 14.4. The quantitative estimate of drug-likeness (QED) is 0.0535. The molecule has 364 valence electrons. The Balaban J connectivity index is 1.56. The van der Waals surface area contributed by atoms with Crippen molar-refractivity contribution in [2.24, 2.45) is 52.1 Å². The molecule has 64 heavy (non-hydrogen) atoms. The van der Waals surface area contributed by atoms with Crippen molar-refractivity contribution in [1.82, 2.24) is 19.6 Å². The Bertz CT molecular complexity index is 1600. The summed E-state index contributed by atoms with van der Waals surface area (Å²) in [6.07, 6.45) is 3.84. The number of hydrogen-bond donors (Lipinski definition) is 9. The summed E-state index contributed by atoms with van der Waals surface area (Å²) < 4.78 is 0. The predicted octanol–water partition coefficient (Wildman–Crippen LogP) is 0.546. The zero-order valence-corrected chi connectivity index (χ0v) is 37.6. The maximum absolute atomic E-state index is 14.4. The molecular weight excluding hydrogens is 839 g/mol. The number of aliphatic hydroxyl groups is 3. The van der Waals surface area contributed by atoms with Crippen molar-refractivity contribution in [3.8, 4) is 0 Å². The van der Waals surface area contributed by atoms with Gasteiger partial charge >= 0.3 is 29.8 Å². The number of imide groups is 1. The molecule has 4 rings (SSSR count). The van der Waals surface area contributed by atoms with Gasteiger partial charge < -0.3 is 46.6 Å². The zero-order valence-electron chi connectivity index (χ0n) is 37.6. The normalized spacial score (nSPS) is 30.8. The van der Waals surface area contributed by atoms with Gasteiger partial charge in [0.05, 0.1) is 51.0 Å². The van der Waals surface area contributed by atoms with Gasteiger partial charge in [0.1, 0.15) is 6.04 Å². The molecule has 2 amide bonds. The second kappa shape index (κ2) is 23.1. The summed E-state index contributed by atoms with van der Waals surface area (Å²) in [6, 6.07) is -1.58. The lowest BCUT2D eigenvalue weighted by Crippen LogP contribution is -2.62. The van der Waals surface area contributed by atoms with E-state index >= 15 is 0 Å². The Labute approximate surface area is 374 Å². The van der Waals surface area contributed by atoms with Gasteiger partial charge in [0.25, 0.3) is 0 Å². The van der Waals surface area contributed by atoms with Gasteiger partial charge in [-0.05, 0) is 124 Å². The smallest absolute Gasteiger partial charge is 0.326 e. The lowest BCUT2D eigenvalue weighted by molar-refractivity contribution is -0.207. The molecule has 0 aliphatic heterocycles. The molecule has 0 aromatic heterocycles. The fourth-order valence-electron chi connectivity index (χ4n) is 12.4. The number of rotatable bonds is 26. The molecule has 20 heteroatoms. The van der Waals surface area contributed by atoms with Crippen molar-refractivity contribution in [2.45, 2.75) is 122 Å². The second-order valence-corrected chi connectivity index (χ2v) is 19.6. The highest BCUT2D eigenvalue weighted by atomic mass is 16.4. The molecule has 0 saturated heterocycles. The Morgan fingerprint density at radius 1 is 0.656 bits per heavy atom. The maximum Gasteiger partial charge on any atom is 0.326 e. The number of carboxylic acid groups (broad SMARTS) is 5. The van der Waals surface area contributed by atoms with Crippen molar-refractivity contribution in [2.75, 3.05) is 65.4 Å². The number of aliphatic carboxylic acids is 5. The zero-order chi connectivity index (χ0) is 47.7. The van der Waals surface area contributed by atoms with Crippen molar-refractivity contribution >= 4 is 41.7 Å². The Morgan fingerprint density at radius 3 is 1.72 bits per heavy atom. The summed E-state index contributed by atoms with van der Waals surface area (Å²) in [5.41, 5.74) is 5.00. The summed E-state index contributed by atoms with van der Waals surface area (Å²) in [5, 5.41) is 82.2. The minimum absolute atomic E-state index is 0.0229. The molecule has 4 fully saturated rings. The van der Waals surface area contributed by atoms with Gasteiger partial charge in [0.15, 0.2) is 0 Å². The molecule has 12 atom stereocenters. The van der Waals surface area contributed by atoms with E-state index in [-0.39, 0.29) is 105 Å². The Kier molecular flexibility index (Phi) is 19.1. The number of carbonyl (C=O) groups is 7. The Hall–Kier alpha value is -3.79. The first-order valence-corrected chi connectivity index (χ1v) is 22.9. The number of unbranched alkanes of at least 4 members (excludes halogenated alkanes) is 1. The highest BCUT2D eigenvalue weighted by Crippen LogP contribution is 2.68. The van der Waals surface area contributed by atoms with Crippen molar-refractivity contribution in [3.05, 3.63) is 0 Å². The van der Waals surface area contributed by atoms with E-state index in [1.54, 1.807) is 0 Å². The average Bonchev–Trinajstić information content (AvgIpc) is 3.55. The van der Waals surface area contributed by atoms with E-state index in [4.69, 9.17) is 5.73 Å². The lowest BCUT2D eigenvalue weighted by atomic mass is 9.43. The number of fused-ring (bicyclic) bond motifs is 5. The monoisotopic (exact) mass is 912 g/mol. The fraction of sp³-hybridized carbons (Fsp3) is 0.841. The molecule has 4 saturated carbocycles. The lowest BCUT2D eigenvalue weighted by Gasteiger charge is -2.63. The van der Waals surface area contributed by atoms with Crippen molar-refractivity contribution in [3.63, 3.8) is 0 Å². The van der Waals surface area contributed by atoms with Crippen LogP contribution in [0.25, 0.3) is 0 Å². The van der Waals surface area contributed by atoms with E-state index in [2.05, 4.69) is 13.8 Å². The number of amides is 2. The van der Waals surface area contributed by atoms with E-state index in [9.17, 15) is 74.4 Å². The van der Waals surface area contributed by atoms with Gasteiger partial charge in [-0.15, -0.1) is 0 Å². The third-order valence-corrected chi connectivity index (χ3v) is 15.7. The van der Waals surface area contributed by atoms with Crippen LogP contribution in [0, 0.1) is 46.3 Å². The van der Waals surface area contributed by atoms with Crippen LogP contribution in [0.5, 0.6) is 0 Å². The van der Waals surface area contributed by atoms with Gasteiger partial charge in [-0.1, -0.05) is 20.8 Å². The second-order valence-electron chi connectivity index (χ2n) is 19.6. The average molecular weight is 912 g/mol. The van der Waals surface area contributed by atoms with Gasteiger partial charge in [0.2, 0.25) is 11.8 Å². The van der Waals surface area contributed by atoms with E-state index < -0.39 is 98.0 Å². The van der Waals surface area contributed by atoms with Crippen LogP contribution in [-0.4, -0.2) is 192 Å². The SMILES string of the molecule is C[C@H](CCC(=O)N(C(=O)CN(CCN(CC(=O)O)CC(=O)O)CCN(CC(=O)O)CC(=O)O)[C@@H](CCCCN)C(=O)O)[C@H]1CC[C@H]2[C@@H]3[C@H](O)C[C@@H]4C[C@H](O)CC[C@]4(C)[C@H]3C[C@H](O)[C@]12C. The number of nitrogens with zero attached hydrogens (tertiary/aromatic N) is 4. The van der Waals surface area contributed by atoms with E-state index in [0.717, 1.165) is 34.0 Å². The van der Waals surface area contributed by atoms with Crippen LogP contribution in [0.15, 0.2) is 0 Å². The number of nitrogens with two attached hydrogens (primary N) is 1. The molecule has 10 N–H and O–H groups in total. The number of carbonyl (C=O) groups excluding carboxylic acids is 2. The summed E-state index contributed by atoms with van der Waals surface area (Å²) in [5.74, 6) is -8.33. The van der Waals surface area contributed by atoms with Gasteiger partial charge in [-0.25, -0.2) is 4.79 Å². The summed E-state index contributed by atoms with van der Waals surface area (Å²) in [7, 11) is 0. The van der Waals surface area contributed by atoms with Crippen LogP contribution < -0.4 is 5.73 Å². The van der Waals surface area contributed by atoms with Crippen LogP contribution in [0.2, 0.25) is 0 Å². The first-order chi connectivity index (χ1) is 30.0. The first-order valence-electron chi connectivity index (χ1n) is 22.9. The molecule has 0 bridgehead atoms. The molecule has 0 radical (unpaired) electrons. The molecule has 0 aromatic carbocycles. The third-order valence-electron chi connectivity index (χ3n) is 15.7. The predicted molar refractivity (Wildman–Crippen MR) is 228 cm³/mol. The van der Waals surface area contributed by atoms with Crippen LogP contribution in [0.4, 0.5) is 0 Å². The molecule has 20 nitrogen and oxygen atoms in total. The molecular formula is C44H73N5O15. The van der Waals surface area contributed by atoms with E-state index in [0.29, 0.717) is 32.1 Å². The van der Waals surface area contributed by atoms with E-state index in [1.165, 1.54) is 4.90 Å². The van der Waals surface area contributed by atoms with Crippen LogP contribution in [-0.2, 0) is 33.6 Å². The number of aliphatic hydroxyl groups excluding tert-OH is 3. The molecule has 4 aliphatic rings. The minimum atomic E-state index is -1.58. The van der Waals surface area contributed by atoms with Gasteiger partial charge in [0, 0.05) is 32.6 Å². The van der Waals surface area contributed by atoms with Crippen LogP contribution in [0.1, 0.15) is 97.8 Å². The standard InChI is InChI=1S/C44H73N5O15/c1-26(29-8-9-30-41-31(20-34(52)44(29,30)3)43(2)12-11-28(50)18-27(43)19-33(41)51)7-10-35(53)49(32(42(63)64)6-4-5-13-45)36(54)21-46(14-16-47(22-37(55)56)23-38(57)58)15-17-48(24-39(59)60)25-40(61)62/h26-34,41,50-52H,4-25,45H2,1-3H3,(H,55,56)(H,57,58)(H,59,60)(H,61,62)(H,63,64)/t26-,27+,28-,29-,30+,31+,32+,33-,34+,41+,43+,44-/m1/s1. The first kappa shape index (κ1) is 52.8. The number of hydrogen-bond acceptors (Lipinski definition) is 14. The third kappa shape index (κ3) is 13.0. The molecule has 0 heterocycles. The minimum Gasteiger partial charge on any atom is -0.480 e. The summed E-state index contributed by atoms with van der Waals surface area (Å²) >= 11 is 0. The van der Waals surface area contributed by atoms with Gasteiger partial charge in [-0.2, -0.15) is 0 Å². The van der Waals surface area contributed by atoms with Crippen molar-refractivity contribution in [1.29, 1.82) is 0 Å². The highest BCUT2D eigenvalue weighted by Gasteiger charge is 2.65. The van der Waals surface area contributed by atoms with Gasteiger partial charge in [-0.3, -0.25) is 48.4 Å². The molecule has 4 aliphatic carbocycles.